The number of fused-ring (bicyclic) bond motifs is 3. The quantitative estimate of drug-likeness (QED) is 0.358. The van der Waals surface area contributed by atoms with Crippen LogP contribution in [0, 0.1) is 11.8 Å². The van der Waals surface area contributed by atoms with Crippen LogP contribution in [0.15, 0.2) is 133 Å². The Hall–Kier alpha value is -4.30. The highest BCUT2D eigenvalue weighted by atomic mass is 15.1. The zero-order valence-corrected chi connectivity index (χ0v) is 22.4. The Bertz CT molecular complexity index is 1560. The third-order valence-electron chi connectivity index (χ3n) is 8.27. The smallest absolute Gasteiger partial charge is 0.0461 e. The predicted octanol–water partition coefficient (Wildman–Crippen LogP) is 9.77. The number of nitrogens with one attached hydrogen (secondary N) is 1. The maximum absolute atomic E-state index is 3.74. The van der Waals surface area contributed by atoms with Gasteiger partial charge in [0.05, 0.1) is 0 Å². The van der Waals surface area contributed by atoms with Crippen LogP contribution in [0.1, 0.15) is 48.8 Å². The van der Waals surface area contributed by atoms with E-state index in [1.54, 1.807) is 0 Å². The second kappa shape index (κ2) is 10.1. The first kappa shape index (κ1) is 23.8. The summed E-state index contributed by atoms with van der Waals surface area (Å²) < 4.78 is 0. The third-order valence-corrected chi connectivity index (χ3v) is 8.27. The molecule has 0 saturated heterocycles. The lowest BCUT2D eigenvalue weighted by Crippen LogP contribution is -2.17. The Morgan fingerprint density at radius 2 is 1.64 bits per heavy atom. The van der Waals surface area contributed by atoms with Crippen LogP contribution in [-0.2, 0) is 0 Å². The van der Waals surface area contributed by atoms with Gasteiger partial charge in [0.2, 0.25) is 0 Å². The molecule has 2 heteroatoms. The van der Waals surface area contributed by atoms with Crippen LogP contribution in [0.2, 0.25) is 0 Å². The Labute approximate surface area is 232 Å². The van der Waals surface area contributed by atoms with Crippen LogP contribution >= 0.6 is 0 Å². The molecule has 0 aromatic heterocycles. The summed E-state index contributed by atoms with van der Waals surface area (Å²) in [6.45, 7) is 2.28. The molecular weight excluding hydrogens is 472 g/mol. The van der Waals surface area contributed by atoms with Crippen LogP contribution in [0.4, 0.5) is 17.1 Å². The molecule has 4 aliphatic carbocycles. The number of benzene rings is 3. The van der Waals surface area contributed by atoms with Gasteiger partial charge in [0, 0.05) is 28.5 Å². The highest BCUT2D eigenvalue weighted by Gasteiger charge is 2.40. The fraction of sp³-hybridized carbons (Fsp3) is 0.189. The van der Waals surface area contributed by atoms with E-state index in [9.17, 15) is 0 Å². The lowest BCUT2D eigenvalue weighted by atomic mass is 9.95. The van der Waals surface area contributed by atoms with E-state index < -0.39 is 0 Å². The van der Waals surface area contributed by atoms with Crippen LogP contribution in [0.5, 0.6) is 0 Å². The SMILES string of the molecule is CC1C=C(N(c2ccccc2)c2ccc(C3=CC=C(Nc4cccc5c4C4CC4C=C5)C=CC3)cc2)C=CC1. The van der Waals surface area contributed by atoms with Crippen molar-refractivity contribution in [3.8, 4) is 0 Å². The van der Waals surface area contributed by atoms with Crippen molar-refractivity contribution in [2.24, 2.45) is 11.8 Å². The molecule has 3 aromatic carbocycles. The number of hydrogen-bond donors (Lipinski definition) is 1. The first-order valence-electron chi connectivity index (χ1n) is 14.2. The molecule has 192 valence electrons. The highest BCUT2D eigenvalue weighted by molar-refractivity contribution is 5.76. The van der Waals surface area contributed by atoms with Crippen molar-refractivity contribution >= 4 is 28.7 Å². The largest absolute Gasteiger partial charge is 0.355 e. The van der Waals surface area contributed by atoms with Gasteiger partial charge in [0.1, 0.15) is 0 Å². The van der Waals surface area contributed by atoms with Crippen molar-refractivity contribution in [3.05, 3.63) is 149 Å². The van der Waals surface area contributed by atoms with E-state index in [-0.39, 0.29) is 0 Å². The average molecular weight is 507 g/mol. The minimum Gasteiger partial charge on any atom is -0.355 e. The van der Waals surface area contributed by atoms with Gasteiger partial charge in [-0.1, -0.05) is 85.8 Å². The first-order chi connectivity index (χ1) is 19.2. The summed E-state index contributed by atoms with van der Waals surface area (Å²) in [5.74, 6) is 1.96. The molecule has 0 amide bonds. The molecule has 0 bridgehead atoms. The zero-order valence-electron chi connectivity index (χ0n) is 22.4. The van der Waals surface area contributed by atoms with E-state index in [1.807, 2.05) is 0 Å². The van der Waals surface area contributed by atoms with Gasteiger partial charge in [-0.25, -0.2) is 0 Å². The summed E-state index contributed by atoms with van der Waals surface area (Å²) in [4.78, 5) is 2.36. The predicted molar refractivity (Wildman–Crippen MR) is 166 cm³/mol. The highest BCUT2D eigenvalue weighted by Crippen LogP contribution is 2.55. The minimum absolute atomic E-state index is 0.538. The summed E-state index contributed by atoms with van der Waals surface area (Å²) in [5, 5.41) is 3.74. The van der Waals surface area contributed by atoms with Crippen molar-refractivity contribution in [2.45, 2.75) is 32.1 Å². The number of rotatable bonds is 6. The molecule has 3 unspecified atom stereocenters. The van der Waals surface area contributed by atoms with Crippen LogP contribution in [0.25, 0.3) is 11.6 Å². The lowest BCUT2D eigenvalue weighted by molar-refractivity contribution is 0.726. The molecule has 3 aromatic rings. The molecular formula is C37H34N2. The maximum atomic E-state index is 3.74. The van der Waals surface area contributed by atoms with Crippen molar-refractivity contribution in [1.29, 1.82) is 0 Å². The third kappa shape index (κ3) is 4.83. The fourth-order valence-electron chi connectivity index (χ4n) is 6.13. The van der Waals surface area contributed by atoms with Gasteiger partial charge in [0.25, 0.3) is 0 Å². The summed E-state index contributed by atoms with van der Waals surface area (Å²) in [6.07, 6.45) is 23.9. The Balaban J connectivity index is 1.14. The Morgan fingerprint density at radius 1 is 0.795 bits per heavy atom. The van der Waals surface area contributed by atoms with Gasteiger partial charge >= 0.3 is 0 Å². The van der Waals surface area contributed by atoms with Gasteiger partial charge in [0.15, 0.2) is 0 Å². The number of nitrogens with zero attached hydrogens (tertiary/aromatic N) is 1. The van der Waals surface area contributed by atoms with Gasteiger partial charge in [-0.05, 0) is 108 Å². The summed E-state index contributed by atoms with van der Waals surface area (Å²) in [6, 6.07) is 26.3. The summed E-state index contributed by atoms with van der Waals surface area (Å²) in [7, 11) is 0. The van der Waals surface area contributed by atoms with E-state index >= 15 is 0 Å². The van der Waals surface area contributed by atoms with E-state index in [4.69, 9.17) is 0 Å². The van der Waals surface area contributed by atoms with Crippen LogP contribution < -0.4 is 10.2 Å². The van der Waals surface area contributed by atoms with E-state index in [0.717, 1.165) is 24.5 Å². The molecule has 3 atom stereocenters. The Morgan fingerprint density at radius 3 is 2.49 bits per heavy atom. The normalized spacial score (nSPS) is 22.6. The molecule has 1 N–H and O–H groups in total. The molecule has 2 nitrogen and oxygen atoms in total. The monoisotopic (exact) mass is 506 g/mol. The van der Waals surface area contributed by atoms with Crippen molar-refractivity contribution in [2.75, 3.05) is 10.2 Å². The molecule has 1 saturated carbocycles. The number of para-hydroxylation sites is 1. The fourth-order valence-corrected chi connectivity index (χ4v) is 6.13. The zero-order chi connectivity index (χ0) is 26.2. The van der Waals surface area contributed by atoms with E-state index in [0.29, 0.717) is 11.8 Å². The molecule has 1 fully saturated rings. The minimum atomic E-state index is 0.538. The maximum Gasteiger partial charge on any atom is 0.0461 e. The summed E-state index contributed by atoms with van der Waals surface area (Å²) >= 11 is 0. The molecule has 0 radical (unpaired) electrons. The van der Waals surface area contributed by atoms with Gasteiger partial charge in [-0.15, -0.1) is 0 Å². The van der Waals surface area contributed by atoms with Crippen LogP contribution in [0.3, 0.4) is 0 Å². The molecule has 0 aliphatic heterocycles. The lowest BCUT2D eigenvalue weighted by Gasteiger charge is -2.29. The van der Waals surface area contributed by atoms with Crippen molar-refractivity contribution in [3.63, 3.8) is 0 Å². The van der Waals surface area contributed by atoms with Gasteiger partial charge in [-0.2, -0.15) is 0 Å². The molecule has 0 heterocycles. The Kier molecular flexibility index (Phi) is 6.17. The number of anilines is 3. The summed E-state index contributed by atoms with van der Waals surface area (Å²) in [5.41, 5.74) is 11.4. The van der Waals surface area contributed by atoms with Gasteiger partial charge < -0.3 is 10.2 Å². The standard InChI is InChI=1S/C37H34N2/c1-26-8-5-14-34(24-26)39(32-12-3-2-4-13-32)33-22-19-28(20-23-33)27-9-6-11-31(21-18-27)38-36-15-7-10-29-16-17-30-25-35(30)37(29)36/h2-7,10-24,26,30,35,38H,8-9,25H2,1H3. The molecule has 4 aliphatic rings. The van der Waals surface area contributed by atoms with E-state index in [2.05, 4.69) is 145 Å². The molecule has 39 heavy (non-hydrogen) atoms. The topological polar surface area (TPSA) is 15.3 Å². The van der Waals surface area contributed by atoms with Gasteiger partial charge in [-0.3, -0.25) is 0 Å². The second-order valence-corrected chi connectivity index (χ2v) is 11.1. The van der Waals surface area contributed by atoms with Crippen LogP contribution in [-0.4, -0.2) is 0 Å². The van der Waals surface area contributed by atoms with E-state index in [1.165, 1.54) is 51.4 Å². The second-order valence-electron chi connectivity index (χ2n) is 11.1. The number of hydrogen-bond acceptors (Lipinski definition) is 2. The first-order valence-corrected chi connectivity index (χ1v) is 14.2. The van der Waals surface area contributed by atoms with Crippen molar-refractivity contribution < 1.29 is 0 Å². The molecule has 7 rings (SSSR count). The van der Waals surface area contributed by atoms with Crippen molar-refractivity contribution in [1.82, 2.24) is 0 Å². The number of allylic oxidation sites excluding steroid dienone is 9. The molecule has 0 spiro atoms. The average Bonchev–Trinajstić information content (AvgIpc) is 3.79.